The molecule has 1 atom stereocenters. The number of aliphatic imine (C=N–C) groups is 1. The molecule has 0 radical (unpaired) electrons. The van der Waals surface area contributed by atoms with Crippen LogP contribution in [0.1, 0.15) is 51.5 Å². The largest absolute Gasteiger partial charge is 0.573 e. The number of nitrogens with one attached hydrogen (secondary N) is 1. The average Bonchev–Trinajstić information content (AvgIpc) is 3.40. The topological polar surface area (TPSA) is 33.6 Å². The monoisotopic (exact) mass is 404 g/mol. The molecule has 2 aliphatic carbocycles. The first-order valence-corrected chi connectivity index (χ1v) is 9.98. The summed E-state index contributed by atoms with van der Waals surface area (Å²) in [6.45, 7) is 8.71. The Kier molecular flexibility index (Phi) is 6.50. The molecule has 0 bridgehead atoms. The minimum absolute atomic E-state index is 0.128. The van der Waals surface area contributed by atoms with E-state index in [1.807, 2.05) is 13.0 Å². The third kappa shape index (κ3) is 5.99. The van der Waals surface area contributed by atoms with Crippen LogP contribution in [0, 0.1) is 0 Å². The summed E-state index contributed by atoms with van der Waals surface area (Å²) in [5.41, 5.74) is 6.82. The van der Waals surface area contributed by atoms with Gasteiger partial charge in [0, 0.05) is 18.0 Å². The Hall–Kier alpha value is -2.50. The average molecular weight is 404 g/mol. The molecule has 0 amide bonds. The molecule has 0 saturated heterocycles. The van der Waals surface area contributed by atoms with E-state index in [1.54, 1.807) is 12.1 Å². The van der Waals surface area contributed by atoms with Gasteiger partial charge in [0.25, 0.3) is 0 Å². The van der Waals surface area contributed by atoms with E-state index in [1.165, 1.54) is 23.3 Å². The maximum absolute atomic E-state index is 12.3. The van der Waals surface area contributed by atoms with Crippen molar-refractivity contribution in [2.75, 3.05) is 6.54 Å². The normalized spacial score (nSPS) is 20.4. The van der Waals surface area contributed by atoms with Crippen molar-refractivity contribution in [1.82, 2.24) is 5.32 Å². The van der Waals surface area contributed by atoms with Gasteiger partial charge in [-0.15, -0.1) is 13.2 Å². The molecule has 0 aromatic heterocycles. The van der Waals surface area contributed by atoms with E-state index in [2.05, 4.69) is 23.6 Å². The number of rotatable bonds is 7. The van der Waals surface area contributed by atoms with Crippen molar-refractivity contribution >= 4 is 11.3 Å². The van der Waals surface area contributed by atoms with Crippen molar-refractivity contribution in [3.63, 3.8) is 0 Å². The van der Waals surface area contributed by atoms with Gasteiger partial charge in [0.15, 0.2) is 0 Å². The first-order valence-electron chi connectivity index (χ1n) is 9.98. The van der Waals surface area contributed by atoms with Gasteiger partial charge in [-0.1, -0.05) is 18.7 Å². The van der Waals surface area contributed by atoms with Crippen LogP contribution in [0.2, 0.25) is 0 Å². The van der Waals surface area contributed by atoms with E-state index in [9.17, 15) is 13.2 Å². The zero-order valence-electron chi connectivity index (χ0n) is 16.9. The fourth-order valence-corrected chi connectivity index (χ4v) is 3.60. The lowest BCUT2D eigenvalue weighted by atomic mass is 9.99. The van der Waals surface area contributed by atoms with Gasteiger partial charge < -0.3 is 10.1 Å². The van der Waals surface area contributed by atoms with Crippen molar-refractivity contribution < 1.29 is 17.9 Å². The molecule has 3 rings (SSSR count). The van der Waals surface area contributed by atoms with E-state index in [-0.39, 0.29) is 11.8 Å². The van der Waals surface area contributed by atoms with Gasteiger partial charge in [-0.05, 0) is 86.4 Å². The standard InChI is InChI=1S/C23H27F3N2O/c1-4-21(18-8-9-18)27-14-15(2)28-22-7-5-6-20(22)16(3)17-10-12-19(13-11-17)29-23(24,25)26/h4,10-13,15,27H,1,5-9,14H2,2-3H3/b20-16+,28-22-. The van der Waals surface area contributed by atoms with Crippen LogP contribution in [-0.2, 0) is 0 Å². The molecule has 2 fully saturated rings. The molecule has 1 N–H and O–H groups in total. The SMILES string of the molecule is C=CC(NCC(C)/N=C1/CCC/C1=C(/C)c1ccc(OC(F)(F)F)cc1)=C1CC1. The van der Waals surface area contributed by atoms with Crippen LogP contribution in [0.4, 0.5) is 13.2 Å². The highest BCUT2D eigenvalue weighted by Gasteiger charge is 2.31. The summed E-state index contributed by atoms with van der Waals surface area (Å²) in [6.07, 6.45) is 2.41. The van der Waals surface area contributed by atoms with Crippen LogP contribution in [-0.4, -0.2) is 24.7 Å². The van der Waals surface area contributed by atoms with Gasteiger partial charge in [0.1, 0.15) is 5.75 Å². The van der Waals surface area contributed by atoms with Crippen molar-refractivity contribution in [3.05, 3.63) is 59.3 Å². The lowest BCUT2D eigenvalue weighted by Gasteiger charge is -2.14. The summed E-state index contributed by atoms with van der Waals surface area (Å²) in [5, 5.41) is 3.44. The summed E-state index contributed by atoms with van der Waals surface area (Å²) in [7, 11) is 0. The molecular weight excluding hydrogens is 377 g/mol. The number of nitrogens with zero attached hydrogens (tertiary/aromatic N) is 1. The van der Waals surface area contributed by atoms with E-state index in [4.69, 9.17) is 4.99 Å². The Morgan fingerprint density at radius 2 is 1.90 bits per heavy atom. The van der Waals surface area contributed by atoms with Crippen molar-refractivity contribution in [2.24, 2.45) is 4.99 Å². The van der Waals surface area contributed by atoms with Crippen molar-refractivity contribution in [1.29, 1.82) is 0 Å². The molecule has 0 aliphatic heterocycles. The van der Waals surface area contributed by atoms with Crippen LogP contribution in [0.25, 0.3) is 5.57 Å². The van der Waals surface area contributed by atoms with E-state index >= 15 is 0 Å². The lowest BCUT2D eigenvalue weighted by Crippen LogP contribution is -2.23. The van der Waals surface area contributed by atoms with E-state index < -0.39 is 6.36 Å². The van der Waals surface area contributed by atoms with E-state index in [0.717, 1.165) is 61.2 Å². The molecule has 2 aliphatic rings. The Bertz CT molecular complexity index is 842. The van der Waals surface area contributed by atoms with Crippen molar-refractivity contribution in [3.8, 4) is 5.75 Å². The summed E-state index contributed by atoms with van der Waals surface area (Å²) < 4.78 is 41.0. The molecule has 6 heteroatoms. The van der Waals surface area contributed by atoms with E-state index in [0.29, 0.717) is 0 Å². The Morgan fingerprint density at radius 3 is 2.48 bits per heavy atom. The number of hydrogen-bond donors (Lipinski definition) is 1. The van der Waals surface area contributed by atoms with Gasteiger partial charge >= 0.3 is 6.36 Å². The number of ether oxygens (including phenoxy) is 1. The number of benzene rings is 1. The molecule has 2 saturated carbocycles. The first-order chi connectivity index (χ1) is 13.8. The predicted octanol–water partition coefficient (Wildman–Crippen LogP) is 6.20. The first kappa shape index (κ1) is 21.2. The fourth-order valence-electron chi connectivity index (χ4n) is 3.60. The lowest BCUT2D eigenvalue weighted by molar-refractivity contribution is -0.274. The number of halogens is 3. The Balaban J connectivity index is 1.70. The highest BCUT2D eigenvalue weighted by Crippen LogP contribution is 2.32. The maximum atomic E-state index is 12.3. The zero-order chi connectivity index (χ0) is 21.0. The minimum Gasteiger partial charge on any atom is -0.406 e. The van der Waals surface area contributed by atoms with Gasteiger partial charge in [-0.2, -0.15) is 0 Å². The molecular formula is C23H27F3N2O. The molecule has 1 aromatic rings. The molecule has 156 valence electrons. The van der Waals surface area contributed by atoms with Gasteiger partial charge in [0.2, 0.25) is 0 Å². The van der Waals surface area contributed by atoms with Gasteiger partial charge in [0.05, 0.1) is 6.04 Å². The highest BCUT2D eigenvalue weighted by molar-refractivity contribution is 6.07. The molecule has 1 unspecified atom stereocenters. The summed E-state index contributed by atoms with van der Waals surface area (Å²) in [4.78, 5) is 4.92. The minimum atomic E-state index is -4.68. The smallest absolute Gasteiger partial charge is 0.406 e. The highest BCUT2D eigenvalue weighted by atomic mass is 19.4. The Labute approximate surface area is 170 Å². The fraction of sp³-hybridized carbons (Fsp3) is 0.435. The number of allylic oxidation sites excluding steroid dienone is 4. The predicted molar refractivity (Wildman–Crippen MR) is 111 cm³/mol. The van der Waals surface area contributed by atoms with Crippen LogP contribution in [0.5, 0.6) is 5.75 Å². The van der Waals surface area contributed by atoms with Crippen LogP contribution < -0.4 is 10.1 Å². The third-order valence-electron chi connectivity index (χ3n) is 5.21. The van der Waals surface area contributed by atoms with Gasteiger partial charge in [-0.3, -0.25) is 4.99 Å². The molecule has 0 heterocycles. The second-order valence-electron chi connectivity index (χ2n) is 7.56. The van der Waals surface area contributed by atoms with Crippen LogP contribution in [0.15, 0.2) is 58.8 Å². The van der Waals surface area contributed by atoms with Crippen LogP contribution in [0.3, 0.4) is 0 Å². The van der Waals surface area contributed by atoms with Crippen LogP contribution >= 0.6 is 0 Å². The molecule has 1 aromatic carbocycles. The number of hydrogen-bond acceptors (Lipinski definition) is 3. The van der Waals surface area contributed by atoms with Gasteiger partial charge in [-0.25, -0.2) is 0 Å². The molecule has 29 heavy (non-hydrogen) atoms. The molecule has 3 nitrogen and oxygen atoms in total. The Morgan fingerprint density at radius 1 is 1.21 bits per heavy atom. The van der Waals surface area contributed by atoms with Crippen molar-refractivity contribution in [2.45, 2.75) is 58.4 Å². The summed E-state index contributed by atoms with van der Waals surface area (Å²) in [5.74, 6) is -0.207. The number of alkyl halides is 3. The summed E-state index contributed by atoms with van der Waals surface area (Å²) >= 11 is 0. The maximum Gasteiger partial charge on any atom is 0.573 e. The molecule has 0 spiro atoms. The third-order valence-corrected chi connectivity index (χ3v) is 5.21. The second-order valence-corrected chi connectivity index (χ2v) is 7.56. The second kappa shape index (κ2) is 8.89. The summed E-state index contributed by atoms with van der Waals surface area (Å²) in [6, 6.07) is 6.17. The quantitative estimate of drug-likeness (QED) is 0.587. The zero-order valence-corrected chi connectivity index (χ0v) is 16.9.